The molecule has 0 radical (unpaired) electrons. The second-order valence-corrected chi connectivity index (χ2v) is 11.6. The van der Waals surface area contributed by atoms with E-state index in [1.54, 1.807) is 36.4 Å². The Balaban J connectivity index is 2.01. The SMILES string of the molecule is Cc1ccc(S(=O)(=O)OS(c2ccccc2)(c2ccc(O)cc2)c2ccc(O)cc2)cc1. The summed E-state index contributed by atoms with van der Waals surface area (Å²) >= 11 is 0. The van der Waals surface area contributed by atoms with Gasteiger partial charge in [0, 0.05) is 14.7 Å². The smallest absolute Gasteiger partial charge is 0.307 e. The highest BCUT2D eigenvalue weighted by Crippen LogP contribution is 2.70. The Bertz CT molecular complexity index is 1250. The highest BCUT2D eigenvalue weighted by molar-refractivity contribution is 8.33. The Labute approximate surface area is 189 Å². The molecular formula is C25H22O5S2. The number of hydrogen-bond acceptors (Lipinski definition) is 5. The van der Waals surface area contributed by atoms with Crippen LogP contribution in [-0.2, 0) is 13.7 Å². The van der Waals surface area contributed by atoms with Crippen LogP contribution in [-0.4, -0.2) is 18.6 Å². The van der Waals surface area contributed by atoms with Gasteiger partial charge in [0.25, 0.3) is 0 Å². The van der Waals surface area contributed by atoms with Gasteiger partial charge in [0.2, 0.25) is 0 Å². The van der Waals surface area contributed by atoms with E-state index in [1.807, 2.05) is 37.3 Å². The van der Waals surface area contributed by atoms with Crippen LogP contribution in [0.5, 0.6) is 11.5 Å². The van der Waals surface area contributed by atoms with Crippen molar-refractivity contribution in [3.05, 3.63) is 109 Å². The summed E-state index contributed by atoms with van der Waals surface area (Å²) in [5.74, 6) is 0.115. The van der Waals surface area contributed by atoms with E-state index in [1.165, 1.54) is 36.4 Å². The van der Waals surface area contributed by atoms with E-state index in [2.05, 4.69) is 0 Å². The van der Waals surface area contributed by atoms with Crippen molar-refractivity contribution in [2.45, 2.75) is 26.5 Å². The molecule has 0 heterocycles. The Kier molecular flexibility index (Phi) is 5.97. The molecular weight excluding hydrogens is 444 g/mol. The average molecular weight is 467 g/mol. The van der Waals surface area contributed by atoms with Crippen LogP contribution in [0.3, 0.4) is 0 Å². The van der Waals surface area contributed by atoms with Gasteiger partial charge in [0.05, 0.1) is 4.90 Å². The van der Waals surface area contributed by atoms with Crippen LogP contribution >= 0.6 is 10.3 Å². The van der Waals surface area contributed by atoms with Crippen molar-refractivity contribution in [2.75, 3.05) is 0 Å². The van der Waals surface area contributed by atoms with Gasteiger partial charge >= 0.3 is 10.1 Å². The van der Waals surface area contributed by atoms with E-state index in [9.17, 15) is 18.6 Å². The second kappa shape index (κ2) is 8.70. The number of aryl methyl sites for hydroxylation is 1. The molecule has 0 aliphatic heterocycles. The lowest BCUT2D eigenvalue weighted by atomic mass is 10.2. The fraction of sp³-hybridized carbons (Fsp3) is 0.0400. The maximum atomic E-state index is 13.5. The fourth-order valence-electron chi connectivity index (χ4n) is 3.29. The van der Waals surface area contributed by atoms with Crippen molar-refractivity contribution in [3.8, 4) is 11.5 Å². The minimum atomic E-state index is -4.19. The van der Waals surface area contributed by atoms with Crippen molar-refractivity contribution in [3.63, 3.8) is 0 Å². The third-order valence-electron chi connectivity index (χ3n) is 4.91. The summed E-state index contributed by atoms with van der Waals surface area (Å²) in [6.45, 7) is 1.88. The third-order valence-corrected chi connectivity index (χ3v) is 10.1. The van der Waals surface area contributed by atoms with Gasteiger partial charge in [-0.05, 0) is 90.0 Å². The molecule has 0 spiro atoms. The Morgan fingerprint density at radius 3 is 1.44 bits per heavy atom. The molecule has 7 heteroatoms. The lowest BCUT2D eigenvalue weighted by molar-refractivity contribution is 0.474. The lowest BCUT2D eigenvalue weighted by Gasteiger charge is -2.39. The van der Waals surface area contributed by atoms with Gasteiger partial charge in [-0.3, -0.25) is 0 Å². The van der Waals surface area contributed by atoms with Crippen LogP contribution in [0.1, 0.15) is 5.56 Å². The molecule has 164 valence electrons. The van der Waals surface area contributed by atoms with Crippen molar-refractivity contribution in [1.29, 1.82) is 0 Å². The number of phenols is 2. The van der Waals surface area contributed by atoms with Crippen LogP contribution in [0.2, 0.25) is 0 Å². The van der Waals surface area contributed by atoms with Crippen molar-refractivity contribution in [1.82, 2.24) is 0 Å². The summed E-state index contributed by atoms with van der Waals surface area (Å²) in [6.07, 6.45) is 0. The summed E-state index contributed by atoms with van der Waals surface area (Å²) in [5.41, 5.74) is 0.933. The zero-order valence-corrected chi connectivity index (χ0v) is 18.9. The van der Waals surface area contributed by atoms with Crippen LogP contribution in [0.25, 0.3) is 0 Å². The summed E-state index contributed by atoms with van der Waals surface area (Å²) in [4.78, 5) is 1.88. The molecule has 0 bridgehead atoms. The van der Waals surface area contributed by atoms with Gasteiger partial charge in [-0.2, -0.15) is 8.42 Å². The minimum absolute atomic E-state index is 0.0495. The van der Waals surface area contributed by atoms with E-state index >= 15 is 0 Å². The topological polar surface area (TPSA) is 83.8 Å². The molecule has 0 unspecified atom stereocenters. The maximum absolute atomic E-state index is 13.5. The van der Waals surface area contributed by atoms with Crippen molar-refractivity contribution >= 4 is 20.4 Å². The van der Waals surface area contributed by atoms with E-state index < -0.39 is 20.4 Å². The summed E-state index contributed by atoms with van der Waals surface area (Å²) in [6, 6.07) is 28.3. The predicted molar refractivity (Wildman–Crippen MR) is 124 cm³/mol. The number of phenolic OH excluding ortho intramolecular Hbond substituents is 2. The molecule has 0 amide bonds. The minimum Gasteiger partial charge on any atom is -0.508 e. The molecule has 32 heavy (non-hydrogen) atoms. The Hall–Kier alpha value is -3.26. The Morgan fingerprint density at radius 1 is 0.562 bits per heavy atom. The van der Waals surface area contributed by atoms with E-state index in [0.717, 1.165) is 5.56 Å². The highest BCUT2D eigenvalue weighted by atomic mass is 32.3. The second-order valence-electron chi connectivity index (χ2n) is 7.19. The number of aromatic hydroxyl groups is 2. The zero-order valence-electron chi connectivity index (χ0n) is 17.3. The van der Waals surface area contributed by atoms with Crippen LogP contribution in [0, 0.1) is 6.92 Å². The standard InChI is InChI=1S/C25H22O5S2/c1-19-7-13-25(14-8-19)32(28,29)30-31(22-5-3-2-4-6-22,23-15-9-20(26)10-16-23)24-17-11-21(27)12-18-24/h2-18,26-27H,1H3. The van der Waals surface area contributed by atoms with Gasteiger partial charge in [0.15, 0.2) is 0 Å². The predicted octanol–water partition coefficient (Wildman–Crippen LogP) is 6.01. The molecule has 0 fully saturated rings. The lowest BCUT2D eigenvalue weighted by Crippen LogP contribution is -2.14. The van der Waals surface area contributed by atoms with E-state index in [-0.39, 0.29) is 16.4 Å². The summed E-state index contributed by atoms with van der Waals surface area (Å²) in [5, 5.41) is 19.7. The third kappa shape index (κ3) is 4.23. The first-order chi connectivity index (χ1) is 15.3. The average Bonchev–Trinajstić information content (AvgIpc) is 2.79. The molecule has 4 aromatic rings. The first kappa shape index (κ1) is 22.0. The molecule has 2 N–H and O–H groups in total. The molecule has 0 aliphatic carbocycles. The molecule has 0 atom stereocenters. The molecule has 0 aromatic heterocycles. The van der Waals surface area contributed by atoms with Gasteiger partial charge in [-0.25, -0.2) is 3.63 Å². The molecule has 5 nitrogen and oxygen atoms in total. The monoisotopic (exact) mass is 466 g/mol. The largest absolute Gasteiger partial charge is 0.508 e. The van der Waals surface area contributed by atoms with E-state index in [0.29, 0.717) is 14.7 Å². The summed E-state index contributed by atoms with van der Waals surface area (Å²) in [7, 11) is -6.98. The van der Waals surface area contributed by atoms with Gasteiger partial charge in [0.1, 0.15) is 11.5 Å². The van der Waals surface area contributed by atoms with Crippen molar-refractivity contribution in [2.24, 2.45) is 0 Å². The first-order valence-electron chi connectivity index (χ1n) is 9.81. The van der Waals surface area contributed by atoms with Crippen molar-refractivity contribution < 1.29 is 22.3 Å². The molecule has 4 rings (SSSR count). The Morgan fingerprint density at radius 2 is 0.969 bits per heavy atom. The highest BCUT2D eigenvalue weighted by Gasteiger charge is 2.38. The maximum Gasteiger partial charge on any atom is 0.307 e. The van der Waals surface area contributed by atoms with Gasteiger partial charge in [-0.1, -0.05) is 35.9 Å². The number of benzene rings is 4. The normalized spacial score (nSPS) is 12.4. The quantitative estimate of drug-likeness (QED) is 0.364. The first-order valence-corrected chi connectivity index (χ1v) is 12.8. The van der Waals surface area contributed by atoms with Crippen LogP contribution < -0.4 is 0 Å². The van der Waals surface area contributed by atoms with Crippen LogP contribution in [0.4, 0.5) is 0 Å². The fourth-order valence-corrected chi connectivity index (χ4v) is 8.49. The van der Waals surface area contributed by atoms with Crippen LogP contribution in [0.15, 0.2) is 123 Å². The van der Waals surface area contributed by atoms with Gasteiger partial charge in [-0.15, -0.1) is 0 Å². The van der Waals surface area contributed by atoms with E-state index in [4.69, 9.17) is 3.63 Å². The molecule has 0 saturated carbocycles. The number of hydrogen-bond donors (Lipinski definition) is 2. The molecule has 0 aliphatic rings. The van der Waals surface area contributed by atoms with Gasteiger partial charge < -0.3 is 10.2 Å². The number of rotatable bonds is 6. The molecule has 4 aromatic carbocycles. The summed E-state index contributed by atoms with van der Waals surface area (Å²) < 4.78 is 33.2. The molecule has 0 saturated heterocycles. The zero-order chi connectivity index (χ0) is 22.8.